The fraction of sp³-hybridized carbons (Fsp3) is 0.500. The molecule has 0 bridgehead atoms. The summed E-state index contributed by atoms with van der Waals surface area (Å²) < 4.78 is 73.7. The lowest BCUT2D eigenvalue weighted by atomic mass is 10.2. The van der Waals surface area contributed by atoms with E-state index in [1.807, 2.05) is 0 Å². The third-order valence-electron chi connectivity index (χ3n) is 2.44. The Bertz CT molecular complexity index is 636. The van der Waals surface area contributed by atoms with Crippen LogP contribution in [0.2, 0.25) is 0 Å². The number of benzene rings is 1. The maximum atomic E-state index is 14.2. The van der Waals surface area contributed by atoms with E-state index >= 15 is 0 Å². The summed E-state index contributed by atoms with van der Waals surface area (Å²) in [5.74, 6) is 0. The van der Waals surface area contributed by atoms with Gasteiger partial charge in [0.2, 0.25) is 8.87 Å². The van der Waals surface area contributed by atoms with Crippen LogP contribution in [0.15, 0.2) is 29.2 Å². The molecule has 0 aromatic heterocycles. The van der Waals surface area contributed by atoms with Gasteiger partial charge >= 0.3 is 12.6 Å². The summed E-state index contributed by atoms with van der Waals surface area (Å²) >= 11 is 0. The number of hydrogen-bond donors (Lipinski definition) is 0. The molecule has 126 valence electrons. The number of alkyl halides is 2. The summed E-state index contributed by atoms with van der Waals surface area (Å²) in [6, 6.07) is 5.38. The highest BCUT2D eigenvalue weighted by atomic mass is 33.1. The molecule has 5 nitrogen and oxygen atoms in total. The molecule has 0 spiro atoms. The van der Waals surface area contributed by atoms with Crippen molar-refractivity contribution in [2.24, 2.45) is 0 Å². The van der Waals surface area contributed by atoms with E-state index in [1.54, 1.807) is 6.92 Å². The largest absolute Gasteiger partial charge is 0.411 e. The van der Waals surface area contributed by atoms with Gasteiger partial charge in [0.15, 0.2) is 0 Å². The van der Waals surface area contributed by atoms with Gasteiger partial charge in [0.1, 0.15) is 0 Å². The zero-order chi connectivity index (χ0) is 17.0. The topological polar surface area (TPSA) is 69.7 Å². The fourth-order valence-corrected chi connectivity index (χ4v) is 7.14. The van der Waals surface area contributed by atoms with Crippen molar-refractivity contribution in [1.82, 2.24) is 0 Å². The number of rotatable bonds is 8. The first kappa shape index (κ1) is 19.6. The smallest absolute Gasteiger partial charge is 0.304 e. The maximum Gasteiger partial charge on any atom is 0.411 e. The van der Waals surface area contributed by atoms with Crippen molar-refractivity contribution >= 4 is 27.3 Å². The number of halogens is 2. The summed E-state index contributed by atoms with van der Waals surface area (Å²) in [5.41, 5.74) is 0.782. The highest BCUT2D eigenvalue weighted by molar-refractivity contribution is 8.73. The standard InChI is InChI=1S/C12H17F2O5PS2/c1-4-18-20(15,19-5-2)12(13,14)21-22(16,17)11-8-6-10(3)7-9-11/h6-9H,4-5H2,1-3H3. The Morgan fingerprint density at radius 3 is 2.00 bits per heavy atom. The zero-order valence-corrected chi connectivity index (χ0v) is 14.8. The second kappa shape index (κ2) is 7.40. The first-order chi connectivity index (χ1) is 10.1. The first-order valence-corrected chi connectivity index (χ1v) is 10.7. The van der Waals surface area contributed by atoms with Crippen molar-refractivity contribution in [3.63, 3.8) is 0 Å². The molecule has 0 heterocycles. The van der Waals surface area contributed by atoms with Crippen LogP contribution in [0.5, 0.6) is 0 Å². The van der Waals surface area contributed by atoms with Crippen LogP contribution in [0.1, 0.15) is 19.4 Å². The van der Waals surface area contributed by atoms with Crippen LogP contribution >= 0.6 is 18.4 Å². The van der Waals surface area contributed by atoms with Crippen LogP contribution in [-0.2, 0) is 22.5 Å². The lowest BCUT2D eigenvalue weighted by molar-refractivity contribution is 0.113. The summed E-state index contributed by atoms with van der Waals surface area (Å²) in [6.07, 6.45) is 0. The SMILES string of the molecule is CCOP(=O)(OCC)C(F)(F)SS(=O)(=O)c1ccc(C)cc1. The molecule has 0 atom stereocenters. The average molecular weight is 374 g/mol. The molecule has 0 saturated carbocycles. The van der Waals surface area contributed by atoms with Gasteiger partial charge < -0.3 is 9.05 Å². The van der Waals surface area contributed by atoms with Gasteiger partial charge in [0.05, 0.1) is 28.9 Å². The Morgan fingerprint density at radius 2 is 1.59 bits per heavy atom. The van der Waals surface area contributed by atoms with Crippen molar-refractivity contribution in [3.8, 4) is 0 Å². The molecule has 22 heavy (non-hydrogen) atoms. The van der Waals surface area contributed by atoms with Crippen LogP contribution in [-0.4, -0.2) is 26.6 Å². The minimum absolute atomic E-state index is 0.294. The third kappa shape index (κ3) is 4.52. The Labute approximate surface area is 132 Å². The predicted molar refractivity (Wildman–Crippen MR) is 81.8 cm³/mol. The summed E-state index contributed by atoms with van der Waals surface area (Å²) in [5, 5.41) is 0. The molecular formula is C12H17F2O5PS2. The molecule has 0 N–H and O–H groups in total. The van der Waals surface area contributed by atoms with Crippen molar-refractivity contribution in [1.29, 1.82) is 0 Å². The average Bonchev–Trinajstić information content (AvgIpc) is 2.38. The Hall–Kier alpha value is -0.470. The lowest BCUT2D eigenvalue weighted by Gasteiger charge is -2.24. The van der Waals surface area contributed by atoms with E-state index in [4.69, 9.17) is 0 Å². The van der Waals surface area contributed by atoms with Gasteiger partial charge in [-0.3, -0.25) is 4.57 Å². The quantitative estimate of drug-likeness (QED) is 0.501. The van der Waals surface area contributed by atoms with Gasteiger partial charge in [-0.05, 0) is 32.9 Å². The van der Waals surface area contributed by atoms with Gasteiger partial charge in [0.25, 0.3) is 0 Å². The molecular weight excluding hydrogens is 357 g/mol. The van der Waals surface area contributed by atoms with Gasteiger partial charge in [-0.2, -0.15) is 8.78 Å². The number of hydrogen-bond acceptors (Lipinski definition) is 6. The molecule has 10 heteroatoms. The highest BCUT2D eigenvalue weighted by Crippen LogP contribution is 2.67. The lowest BCUT2D eigenvalue weighted by Crippen LogP contribution is -2.19. The molecule has 0 unspecified atom stereocenters. The van der Waals surface area contributed by atoms with Crippen LogP contribution < -0.4 is 0 Å². The van der Waals surface area contributed by atoms with Gasteiger partial charge in [0, 0.05) is 0 Å². The fourth-order valence-electron chi connectivity index (χ4n) is 1.46. The second-order valence-corrected chi connectivity index (χ2v) is 10.4. The molecule has 0 amide bonds. The van der Waals surface area contributed by atoms with Crippen molar-refractivity contribution in [3.05, 3.63) is 29.8 Å². The highest BCUT2D eigenvalue weighted by Gasteiger charge is 2.57. The summed E-state index contributed by atoms with van der Waals surface area (Å²) in [6.45, 7) is 3.87. The van der Waals surface area contributed by atoms with E-state index in [0.717, 1.165) is 5.56 Å². The normalized spacial score (nSPS) is 13.3. The number of aryl methyl sites for hydroxylation is 1. The van der Waals surface area contributed by atoms with E-state index in [2.05, 4.69) is 9.05 Å². The molecule has 0 aliphatic heterocycles. The molecule has 0 fully saturated rings. The minimum atomic E-state index is -4.90. The van der Waals surface area contributed by atoms with Crippen LogP contribution in [0.3, 0.4) is 0 Å². The maximum absolute atomic E-state index is 14.2. The minimum Gasteiger partial charge on any atom is -0.304 e. The van der Waals surface area contributed by atoms with E-state index in [1.165, 1.54) is 38.1 Å². The Morgan fingerprint density at radius 1 is 1.14 bits per heavy atom. The third-order valence-corrected chi connectivity index (χ3v) is 8.72. The van der Waals surface area contributed by atoms with Gasteiger partial charge in [-0.25, -0.2) is 8.42 Å². The predicted octanol–water partition coefficient (Wildman–Crippen LogP) is 4.23. The molecule has 0 aliphatic carbocycles. The second-order valence-electron chi connectivity index (χ2n) is 4.17. The molecule has 0 radical (unpaired) electrons. The van der Waals surface area contributed by atoms with E-state index in [0.29, 0.717) is 0 Å². The van der Waals surface area contributed by atoms with E-state index < -0.39 is 32.3 Å². The van der Waals surface area contributed by atoms with E-state index in [9.17, 15) is 21.8 Å². The molecule has 1 aromatic carbocycles. The molecule has 1 aromatic rings. The van der Waals surface area contributed by atoms with Gasteiger partial charge in [-0.1, -0.05) is 17.7 Å². The van der Waals surface area contributed by atoms with Crippen molar-refractivity contribution in [2.45, 2.75) is 30.7 Å². The summed E-state index contributed by atoms with van der Waals surface area (Å²) in [4.78, 5) is -4.52. The zero-order valence-electron chi connectivity index (χ0n) is 12.3. The molecule has 0 saturated heterocycles. The van der Waals surface area contributed by atoms with E-state index in [-0.39, 0.29) is 18.1 Å². The van der Waals surface area contributed by atoms with Crippen LogP contribution in [0.4, 0.5) is 8.78 Å². The molecule has 1 rings (SSSR count). The van der Waals surface area contributed by atoms with Crippen molar-refractivity contribution in [2.75, 3.05) is 13.2 Å². The summed E-state index contributed by atoms with van der Waals surface area (Å²) in [7, 11) is -10.0. The first-order valence-electron chi connectivity index (χ1n) is 6.37. The molecule has 0 aliphatic rings. The van der Waals surface area contributed by atoms with Crippen LogP contribution in [0.25, 0.3) is 0 Å². The Balaban J connectivity index is 3.13. The monoisotopic (exact) mass is 374 g/mol. The Kier molecular flexibility index (Phi) is 6.58. The van der Waals surface area contributed by atoms with Crippen molar-refractivity contribution < 1.29 is 30.8 Å². The van der Waals surface area contributed by atoms with Gasteiger partial charge in [-0.15, -0.1) is 0 Å². The van der Waals surface area contributed by atoms with Crippen LogP contribution in [0, 0.1) is 6.92 Å².